The van der Waals surface area contributed by atoms with Gasteiger partial charge in [0.15, 0.2) is 43.2 Å². The van der Waals surface area contributed by atoms with Gasteiger partial charge >= 0.3 is 0 Å². The summed E-state index contributed by atoms with van der Waals surface area (Å²) in [4.78, 5) is 39.2. The number of aromatic nitrogens is 4. The molecule has 4 rings (SSSR count). The second-order valence-electron chi connectivity index (χ2n) is 16.6. The molecular formula is C38H61N6O7PSSi. The van der Waals surface area contributed by atoms with Gasteiger partial charge in [-0.05, 0) is 64.4 Å². The molecule has 54 heavy (non-hydrogen) atoms. The Kier molecular flexibility index (Phi) is 15.3. The van der Waals surface area contributed by atoms with Crippen LogP contribution < -0.4 is 10.1 Å². The minimum atomic E-state index is -2.41. The first-order valence-corrected chi connectivity index (χ1v) is 23.8. The van der Waals surface area contributed by atoms with Gasteiger partial charge in [0.05, 0.1) is 19.0 Å². The van der Waals surface area contributed by atoms with Crippen LogP contribution in [-0.2, 0) is 27.8 Å². The summed E-state index contributed by atoms with van der Waals surface area (Å²) in [5.41, 5.74) is 0.466. The minimum Gasteiger partial charge on any atom is -0.484 e. The van der Waals surface area contributed by atoms with E-state index in [0.29, 0.717) is 35.7 Å². The number of hydrogen-bond acceptors (Lipinski definition) is 12. The van der Waals surface area contributed by atoms with Gasteiger partial charge in [-0.15, -0.1) is 0 Å². The van der Waals surface area contributed by atoms with Crippen LogP contribution in [-0.4, -0.2) is 92.9 Å². The number of nitrogens with one attached hydrogen (secondary N) is 1. The van der Waals surface area contributed by atoms with E-state index in [1.165, 1.54) is 18.1 Å². The average molecular weight is 805 g/mol. The van der Waals surface area contributed by atoms with Crippen molar-refractivity contribution in [2.75, 3.05) is 24.3 Å². The van der Waals surface area contributed by atoms with Crippen molar-refractivity contribution in [3.8, 4) is 5.75 Å². The van der Waals surface area contributed by atoms with Crippen LogP contribution in [0.25, 0.3) is 11.2 Å². The Morgan fingerprint density at radius 3 is 2.28 bits per heavy atom. The maximum atomic E-state index is 12.9. The minimum absolute atomic E-state index is 0.106. The van der Waals surface area contributed by atoms with Crippen molar-refractivity contribution >= 4 is 56.6 Å². The molecule has 300 valence electrons. The second kappa shape index (κ2) is 18.6. The molecule has 2 unspecified atom stereocenters. The van der Waals surface area contributed by atoms with E-state index in [9.17, 15) is 9.59 Å². The van der Waals surface area contributed by atoms with Crippen molar-refractivity contribution < 1.29 is 32.5 Å². The van der Waals surface area contributed by atoms with E-state index in [4.69, 9.17) is 22.9 Å². The summed E-state index contributed by atoms with van der Waals surface area (Å²) in [6, 6.07) is 9.39. The summed E-state index contributed by atoms with van der Waals surface area (Å²) in [5.74, 6) is 1.00. The highest BCUT2D eigenvalue weighted by Crippen LogP contribution is 2.52. The number of amides is 1. The van der Waals surface area contributed by atoms with Gasteiger partial charge in [-0.25, -0.2) is 19.6 Å². The SMILES string of the molecule is CC[C@H]1O[C@@H](n2cnc3c(NC(=O)COc4ccccc4)ncnc32)[C@@H](O[Si](C)(C)C(C)(C)C)C1OP(OCCSC(=O)C(C)(C)C)N(C(C)C)C(C)C. The number of hydrogen-bond donors (Lipinski definition) is 1. The Morgan fingerprint density at radius 2 is 1.69 bits per heavy atom. The van der Waals surface area contributed by atoms with Gasteiger partial charge in [-0.3, -0.25) is 14.2 Å². The highest BCUT2D eigenvalue weighted by atomic mass is 32.2. The van der Waals surface area contributed by atoms with Gasteiger partial charge in [0.25, 0.3) is 14.4 Å². The van der Waals surface area contributed by atoms with Gasteiger partial charge < -0.3 is 28.3 Å². The summed E-state index contributed by atoms with van der Waals surface area (Å²) in [7, 11) is -4.01. The molecule has 0 bridgehead atoms. The van der Waals surface area contributed by atoms with Crippen LogP contribution in [0.3, 0.4) is 0 Å². The number of imidazole rings is 1. The average Bonchev–Trinajstić information content (AvgIpc) is 3.66. The van der Waals surface area contributed by atoms with E-state index in [1.54, 1.807) is 18.5 Å². The lowest BCUT2D eigenvalue weighted by Gasteiger charge is -2.42. The van der Waals surface area contributed by atoms with E-state index in [1.807, 2.05) is 43.5 Å². The van der Waals surface area contributed by atoms with E-state index >= 15 is 0 Å². The van der Waals surface area contributed by atoms with Gasteiger partial charge in [0.1, 0.15) is 24.3 Å². The molecule has 1 aromatic carbocycles. The first-order chi connectivity index (χ1) is 25.2. The van der Waals surface area contributed by atoms with Crippen LogP contribution in [0, 0.1) is 5.41 Å². The molecule has 3 aromatic rings. The topological polar surface area (TPSA) is 139 Å². The number of thioether (sulfide) groups is 1. The summed E-state index contributed by atoms with van der Waals surface area (Å²) in [6.07, 6.45) is 1.67. The number of nitrogens with zero attached hydrogens (tertiary/aromatic N) is 5. The summed E-state index contributed by atoms with van der Waals surface area (Å²) in [6.45, 7) is 27.6. The third kappa shape index (κ3) is 11.1. The van der Waals surface area contributed by atoms with Gasteiger partial charge in [0.2, 0.25) is 0 Å². The maximum Gasteiger partial charge on any atom is 0.263 e. The highest BCUT2D eigenvalue weighted by Gasteiger charge is 2.53. The fourth-order valence-electron chi connectivity index (χ4n) is 5.69. The van der Waals surface area contributed by atoms with Crippen LogP contribution >= 0.6 is 20.3 Å². The molecule has 2 aromatic heterocycles. The quantitative estimate of drug-likeness (QED) is 0.0794. The number of carbonyl (C=O) groups is 2. The Hall–Kier alpha value is -2.49. The molecule has 1 aliphatic rings. The monoisotopic (exact) mass is 804 g/mol. The first-order valence-electron chi connectivity index (χ1n) is 18.8. The van der Waals surface area contributed by atoms with Crippen molar-refractivity contribution in [2.24, 2.45) is 5.41 Å². The number of carbonyl (C=O) groups excluding carboxylic acids is 2. The molecule has 1 amide bonds. The Labute approximate surface area is 328 Å². The molecule has 3 heterocycles. The number of ether oxygens (including phenoxy) is 2. The predicted octanol–water partition coefficient (Wildman–Crippen LogP) is 8.60. The van der Waals surface area contributed by atoms with Gasteiger partial charge in [-0.2, -0.15) is 0 Å². The van der Waals surface area contributed by atoms with E-state index in [-0.39, 0.29) is 46.7 Å². The molecule has 1 saturated heterocycles. The Morgan fingerprint density at radius 1 is 1.02 bits per heavy atom. The molecule has 1 N–H and O–H groups in total. The lowest BCUT2D eigenvalue weighted by atomic mass is 10.00. The number of fused-ring (bicyclic) bond motifs is 1. The van der Waals surface area contributed by atoms with Crippen LogP contribution in [0.2, 0.25) is 18.1 Å². The molecule has 16 heteroatoms. The largest absolute Gasteiger partial charge is 0.484 e. The maximum absolute atomic E-state index is 12.9. The lowest BCUT2D eigenvalue weighted by molar-refractivity contribution is -0.118. The number of anilines is 1. The van der Waals surface area contributed by atoms with Gasteiger partial charge in [-0.1, -0.05) is 78.4 Å². The summed E-state index contributed by atoms with van der Waals surface area (Å²) in [5, 5.41) is 2.85. The summed E-state index contributed by atoms with van der Waals surface area (Å²) < 4.78 is 37.6. The molecular weight excluding hydrogens is 744 g/mol. The van der Waals surface area contributed by atoms with Crippen molar-refractivity contribution in [3.05, 3.63) is 43.0 Å². The van der Waals surface area contributed by atoms with Crippen LogP contribution in [0.15, 0.2) is 43.0 Å². The second-order valence-corrected chi connectivity index (χ2v) is 23.8. The lowest BCUT2D eigenvalue weighted by Crippen LogP contribution is -2.49. The Balaban J connectivity index is 1.67. The van der Waals surface area contributed by atoms with Crippen LogP contribution in [0.4, 0.5) is 5.82 Å². The zero-order valence-electron chi connectivity index (χ0n) is 34.3. The number of para-hydroxylation sites is 1. The molecule has 5 atom stereocenters. The fraction of sp³-hybridized carbons (Fsp3) is 0.658. The molecule has 13 nitrogen and oxygen atoms in total. The van der Waals surface area contributed by atoms with Crippen LogP contribution in [0.1, 0.15) is 88.8 Å². The molecule has 1 fully saturated rings. The molecule has 0 saturated carbocycles. The zero-order chi connectivity index (χ0) is 40.0. The van der Waals surface area contributed by atoms with Gasteiger partial charge in [0, 0.05) is 23.3 Å². The van der Waals surface area contributed by atoms with Crippen molar-refractivity contribution in [3.63, 3.8) is 0 Å². The fourth-order valence-corrected chi connectivity index (χ4v) is 9.65. The zero-order valence-corrected chi connectivity index (χ0v) is 37.0. The predicted molar refractivity (Wildman–Crippen MR) is 219 cm³/mol. The van der Waals surface area contributed by atoms with Crippen molar-refractivity contribution in [1.29, 1.82) is 0 Å². The standard InChI is InChI=1S/C38H61N6O7PSSi/c1-14-28-31(50-52(44(25(2)3)26(4)5)48-20-21-53-36(46)37(6,7)8)32(51-54(12,13)38(9,10)11)35(49-28)43-24-41-30-33(39-23-40-34(30)43)42-29(45)22-47-27-18-16-15-17-19-27/h15-19,23-26,28,31-32,35H,14,20-22H2,1-13H3,(H,39,40,42,45)/t28-,31?,32+,35-,52?/m1/s1. The highest BCUT2D eigenvalue weighted by molar-refractivity contribution is 8.13. The Bertz CT molecular complexity index is 1680. The van der Waals surface area contributed by atoms with Crippen LogP contribution in [0.5, 0.6) is 5.75 Å². The third-order valence-electron chi connectivity index (χ3n) is 9.52. The third-order valence-corrected chi connectivity index (χ3v) is 17.4. The molecule has 1 aliphatic heterocycles. The normalized spacial score (nSPS) is 20.3. The van der Waals surface area contributed by atoms with E-state index < -0.39 is 40.7 Å². The summed E-state index contributed by atoms with van der Waals surface area (Å²) >= 11 is 1.29. The smallest absolute Gasteiger partial charge is 0.263 e. The van der Waals surface area contributed by atoms with E-state index in [0.717, 1.165) is 0 Å². The molecule has 0 radical (unpaired) electrons. The van der Waals surface area contributed by atoms with E-state index in [2.05, 4.69) is 93.4 Å². The van der Waals surface area contributed by atoms with Crippen molar-refractivity contribution in [1.82, 2.24) is 24.2 Å². The molecule has 0 aliphatic carbocycles. The first kappa shape index (κ1) is 44.2. The van der Waals surface area contributed by atoms with Crippen molar-refractivity contribution in [2.45, 2.75) is 137 Å². The number of benzene rings is 1. The number of rotatable bonds is 17. The molecule has 0 spiro atoms.